The van der Waals surface area contributed by atoms with Gasteiger partial charge in [-0.1, -0.05) is 56.2 Å². The van der Waals surface area contributed by atoms with Gasteiger partial charge in [0.05, 0.1) is 0 Å². The number of aliphatic hydroxyl groups is 1. The normalized spacial score (nSPS) is 11.3. The molecule has 3 N–H and O–H groups in total. The zero-order valence-electron chi connectivity index (χ0n) is 17.6. The number of aliphatic hydroxyl groups excluding tert-OH is 1. The molecule has 0 unspecified atom stereocenters. The number of nitrogens with one attached hydrogen (secondary N) is 1. The number of allylic oxidation sites excluding steroid dienone is 2. The SMILES string of the molecule is C=C/C=C(/O)c1cccc(NSc2cccc(CCCCCCCC(=O)O)c2)c1C. The van der Waals surface area contributed by atoms with Crippen LogP contribution in [0.5, 0.6) is 0 Å². The first kappa shape index (κ1) is 23.6. The van der Waals surface area contributed by atoms with Gasteiger partial charge in [-0.25, -0.2) is 0 Å². The Kier molecular flexibility index (Phi) is 10.1. The van der Waals surface area contributed by atoms with Gasteiger partial charge in [0.25, 0.3) is 0 Å². The zero-order chi connectivity index (χ0) is 21.8. The summed E-state index contributed by atoms with van der Waals surface area (Å²) in [4.78, 5) is 11.7. The van der Waals surface area contributed by atoms with E-state index in [0.717, 1.165) is 60.2 Å². The summed E-state index contributed by atoms with van der Waals surface area (Å²) in [6, 6.07) is 14.3. The molecular formula is C25H31NO3S. The minimum absolute atomic E-state index is 0.209. The number of anilines is 1. The van der Waals surface area contributed by atoms with Gasteiger partial charge in [0.1, 0.15) is 5.76 Å². The van der Waals surface area contributed by atoms with Gasteiger partial charge >= 0.3 is 5.97 Å². The Morgan fingerprint density at radius 2 is 1.80 bits per heavy atom. The Hall–Kier alpha value is -2.66. The Balaban J connectivity index is 1.84. The minimum Gasteiger partial charge on any atom is -0.507 e. The zero-order valence-corrected chi connectivity index (χ0v) is 18.4. The molecule has 4 nitrogen and oxygen atoms in total. The summed E-state index contributed by atoms with van der Waals surface area (Å²) in [5, 5.41) is 18.8. The smallest absolute Gasteiger partial charge is 0.303 e. The molecule has 2 aromatic carbocycles. The van der Waals surface area contributed by atoms with Crippen LogP contribution in [0.3, 0.4) is 0 Å². The third-order valence-electron chi connectivity index (χ3n) is 4.92. The molecule has 2 aromatic rings. The lowest BCUT2D eigenvalue weighted by molar-refractivity contribution is -0.137. The molecule has 0 atom stereocenters. The number of hydrogen-bond donors (Lipinski definition) is 3. The van der Waals surface area contributed by atoms with Gasteiger partial charge in [-0.05, 0) is 73.5 Å². The second kappa shape index (κ2) is 12.8. The predicted molar refractivity (Wildman–Crippen MR) is 127 cm³/mol. The van der Waals surface area contributed by atoms with Crippen molar-refractivity contribution in [2.75, 3.05) is 4.72 Å². The average molecular weight is 426 g/mol. The summed E-state index contributed by atoms with van der Waals surface area (Å²) in [6.45, 7) is 5.62. The molecule has 5 heteroatoms. The molecule has 0 aliphatic rings. The largest absolute Gasteiger partial charge is 0.507 e. The van der Waals surface area contributed by atoms with Gasteiger partial charge in [0.2, 0.25) is 0 Å². The van der Waals surface area contributed by atoms with Crippen molar-refractivity contribution in [2.24, 2.45) is 0 Å². The first-order valence-electron chi connectivity index (χ1n) is 10.4. The second-order valence-electron chi connectivity index (χ2n) is 7.28. The van der Waals surface area contributed by atoms with E-state index >= 15 is 0 Å². The molecule has 2 rings (SSSR count). The molecule has 160 valence electrons. The van der Waals surface area contributed by atoms with E-state index in [0.29, 0.717) is 0 Å². The van der Waals surface area contributed by atoms with Crippen LogP contribution in [0.2, 0.25) is 0 Å². The van der Waals surface area contributed by atoms with Crippen LogP contribution in [0.25, 0.3) is 5.76 Å². The number of unbranched alkanes of at least 4 members (excludes halogenated alkanes) is 4. The number of aliphatic carboxylic acids is 1. The van der Waals surface area contributed by atoms with Crippen molar-refractivity contribution in [1.29, 1.82) is 0 Å². The highest BCUT2D eigenvalue weighted by atomic mass is 32.2. The van der Waals surface area contributed by atoms with Crippen LogP contribution in [-0.4, -0.2) is 16.2 Å². The van der Waals surface area contributed by atoms with Gasteiger partial charge in [-0.2, -0.15) is 0 Å². The average Bonchev–Trinajstić information content (AvgIpc) is 2.72. The number of benzene rings is 2. The predicted octanol–water partition coefficient (Wildman–Crippen LogP) is 7.17. The van der Waals surface area contributed by atoms with E-state index < -0.39 is 5.97 Å². The molecule has 0 aromatic heterocycles. The Morgan fingerprint density at radius 3 is 2.57 bits per heavy atom. The number of carboxylic acids is 1. The fourth-order valence-electron chi connectivity index (χ4n) is 3.24. The molecule has 0 aliphatic heterocycles. The van der Waals surface area contributed by atoms with E-state index in [-0.39, 0.29) is 12.2 Å². The lowest BCUT2D eigenvalue weighted by atomic mass is 10.0. The van der Waals surface area contributed by atoms with Crippen molar-refractivity contribution in [3.63, 3.8) is 0 Å². The number of carboxylic acid groups (broad SMARTS) is 1. The molecule has 0 amide bonds. The van der Waals surface area contributed by atoms with Gasteiger partial charge in [-0.15, -0.1) is 0 Å². The molecule has 0 bridgehead atoms. The molecular weight excluding hydrogens is 394 g/mol. The van der Waals surface area contributed by atoms with Crippen molar-refractivity contribution in [3.8, 4) is 0 Å². The molecule has 0 heterocycles. The standard InChI is InChI=1S/C25H31NO3S/c1-3-11-24(27)22-15-10-16-23(19(22)2)26-30-21-14-9-13-20(18-21)12-7-5-4-6-8-17-25(28)29/h3,9-11,13-16,18,26-27H,1,4-8,12,17H2,2H3,(H,28,29)/b24-11+. The summed E-state index contributed by atoms with van der Waals surface area (Å²) >= 11 is 1.56. The van der Waals surface area contributed by atoms with Gasteiger partial charge in [0, 0.05) is 22.6 Å². The number of rotatable bonds is 13. The van der Waals surface area contributed by atoms with Crippen molar-refractivity contribution < 1.29 is 15.0 Å². The van der Waals surface area contributed by atoms with E-state index in [2.05, 4.69) is 35.6 Å². The summed E-state index contributed by atoms with van der Waals surface area (Å²) < 4.78 is 3.40. The van der Waals surface area contributed by atoms with Crippen LogP contribution in [0.1, 0.15) is 55.2 Å². The topological polar surface area (TPSA) is 69.6 Å². The van der Waals surface area contributed by atoms with Crippen LogP contribution in [-0.2, 0) is 11.2 Å². The maximum absolute atomic E-state index is 10.5. The first-order valence-corrected chi connectivity index (χ1v) is 11.2. The van der Waals surface area contributed by atoms with E-state index in [1.165, 1.54) is 5.56 Å². The molecule has 0 aliphatic carbocycles. The number of hydrogen-bond acceptors (Lipinski definition) is 4. The van der Waals surface area contributed by atoms with E-state index in [1.54, 1.807) is 24.1 Å². The molecule has 30 heavy (non-hydrogen) atoms. The van der Waals surface area contributed by atoms with Crippen LogP contribution in [0.4, 0.5) is 5.69 Å². The van der Waals surface area contributed by atoms with Gasteiger partial charge in [-0.3, -0.25) is 4.79 Å². The number of aryl methyl sites for hydroxylation is 1. The highest BCUT2D eigenvalue weighted by molar-refractivity contribution is 8.00. The highest BCUT2D eigenvalue weighted by Gasteiger charge is 2.07. The van der Waals surface area contributed by atoms with Crippen molar-refractivity contribution in [3.05, 3.63) is 77.9 Å². The van der Waals surface area contributed by atoms with Crippen LogP contribution >= 0.6 is 11.9 Å². The third kappa shape index (κ3) is 7.99. The maximum atomic E-state index is 10.5. The molecule has 0 saturated carbocycles. The Bertz CT molecular complexity index is 876. The first-order chi connectivity index (χ1) is 14.5. The third-order valence-corrected chi connectivity index (χ3v) is 5.73. The van der Waals surface area contributed by atoms with Crippen molar-refractivity contribution >= 4 is 29.4 Å². The van der Waals surface area contributed by atoms with E-state index in [4.69, 9.17) is 5.11 Å². The van der Waals surface area contributed by atoms with Crippen LogP contribution < -0.4 is 4.72 Å². The molecule has 0 saturated heterocycles. The van der Waals surface area contributed by atoms with E-state index in [9.17, 15) is 9.90 Å². The molecule has 0 fully saturated rings. The summed E-state index contributed by atoms with van der Waals surface area (Å²) in [6.07, 6.45) is 9.57. The van der Waals surface area contributed by atoms with E-state index in [1.807, 2.05) is 25.1 Å². The van der Waals surface area contributed by atoms with Crippen LogP contribution in [0, 0.1) is 6.92 Å². The van der Waals surface area contributed by atoms with Crippen molar-refractivity contribution in [1.82, 2.24) is 0 Å². The quantitative estimate of drug-likeness (QED) is 0.137. The lowest BCUT2D eigenvalue weighted by Gasteiger charge is -2.13. The summed E-state index contributed by atoms with van der Waals surface area (Å²) in [5.41, 5.74) is 4.05. The van der Waals surface area contributed by atoms with Gasteiger partial charge < -0.3 is 14.9 Å². The Morgan fingerprint density at radius 1 is 1.07 bits per heavy atom. The second-order valence-corrected chi connectivity index (χ2v) is 8.16. The highest BCUT2D eigenvalue weighted by Crippen LogP contribution is 2.28. The fourth-order valence-corrected chi connectivity index (χ4v) is 4.05. The summed E-state index contributed by atoms with van der Waals surface area (Å²) in [5.74, 6) is -0.494. The molecule has 0 spiro atoms. The van der Waals surface area contributed by atoms with Crippen LogP contribution in [0.15, 0.2) is 66.1 Å². The molecule has 0 radical (unpaired) electrons. The minimum atomic E-state index is -0.704. The van der Waals surface area contributed by atoms with Gasteiger partial charge in [0.15, 0.2) is 0 Å². The maximum Gasteiger partial charge on any atom is 0.303 e. The Labute approximate surface area is 183 Å². The lowest BCUT2D eigenvalue weighted by Crippen LogP contribution is -1.95. The van der Waals surface area contributed by atoms with Crippen molar-refractivity contribution in [2.45, 2.75) is 56.8 Å². The summed E-state index contributed by atoms with van der Waals surface area (Å²) in [7, 11) is 0. The monoisotopic (exact) mass is 425 g/mol. The fraction of sp³-hybridized carbons (Fsp3) is 0.320. The number of carbonyl (C=O) groups is 1.